The molecule has 0 saturated carbocycles. The number of aliphatic imine (C=N–C) groups is 1. The number of aryl methyl sites for hydroxylation is 3. The highest BCUT2D eigenvalue weighted by molar-refractivity contribution is 6.10. The smallest absolute Gasteiger partial charge is 0.250 e. The Balaban J connectivity index is 1.68. The Morgan fingerprint density at radius 2 is 1.86 bits per heavy atom. The van der Waals surface area contributed by atoms with Gasteiger partial charge in [-0.25, -0.2) is 0 Å². The summed E-state index contributed by atoms with van der Waals surface area (Å²) in [5, 5.41) is 5.52. The summed E-state index contributed by atoms with van der Waals surface area (Å²) in [6.07, 6.45) is 6.86. The van der Waals surface area contributed by atoms with Crippen LogP contribution in [0.5, 0.6) is 0 Å². The first kappa shape index (κ1) is 19.5. The minimum Gasteiger partial charge on any atom is -0.345 e. The second-order valence-electron chi connectivity index (χ2n) is 7.39. The van der Waals surface area contributed by atoms with Crippen molar-refractivity contribution in [3.05, 3.63) is 53.3 Å². The molecule has 0 fully saturated rings. The Hall–Kier alpha value is -3.22. The van der Waals surface area contributed by atoms with Gasteiger partial charge in [0.15, 0.2) is 0 Å². The maximum atomic E-state index is 12.9. The molecule has 0 radical (unpaired) electrons. The molecule has 0 aliphatic carbocycles. The summed E-state index contributed by atoms with van der Waals surface area (Å²) in [6.45, 7) is 7.35. The zero-order chi connectivity index (χ0) is 20.5. The average Bonchev–Trinajstić information content (AvgIpc) is 2.62. The van der Waals surface area contributed by atoms with Crippen LogP contribution < -0.4 is 10.6 Å². The van der Waals surface area contributed by atoms with Crippen LogP contribution >= 0.6 is 0 Å². The van der Waals surface area contributed by atoms with Gasteiger partial charge in [-0.2, -0.15) is 4.99 Å². The number of carbonyl (C=O) groups is 3. The molecule has 1 atom stereocenters. The SMILES string of the molecule is Cc1cc(C)c(NC(=O)CNC(=O)[C@]2(C)CC(=O)N=C3C=CC=CN32)c(C)c1. The first-order chi connectivity index (χ1) is 13.2. The molecule has 1 aromatic carbocycles. The third-order valence-electron chi connectivity index (χ3n) is 4.94. The summed E-state index contributed by atoms with van der Waals surface area (Å²) in [5.74, 6) is -0.663. The van der Waals surface area contributed by atoms with Gasteiger partial charge in [0.05, 0.1) is 13.0 Å². The van der Waals surface area contributed by atoms with Crippen molar-refractivity contribution in [3.63, 3.8) is 0 Å². The van der Waals surface area contributed by atoms with E-state index in [0.29, 0.717) is 5.84 Å². The summed E-state index contributed by atoms with van der Waals surface area (Å²) < 4.78 is 0. The highest BCUT2D eigenvalue weighted by Crippen LogP contribution is 2.28. The van der Waals surface area contributed by atoms with E-state index in [0.717, 1.165) is 22.4 Å². The van der Waals surface area contributed by atoms with E-state index in [1.165, 1.54) is 0 Å². The Morgan fingerprint density at radius 1 is 1.18 bits per heavy atom. The van der Waals surface area contributed by atoms with Gasteiger partial charge >= 0.3 is 0 Å². The Kier molecular flexibility index (Phi) is 5.18. The quantitative estimate of drug-likeness (QED) is 0.837. The molecule has 0 saturated heterocycles. The zero-order valence-electron chi connectivity index (χ0n) is 16.5. The molecule has 0 aromatic heterocycles. The monoisotopic (exact) mass is 380 g/mol. The van der Waals surface area contributed by atoms with E-state index in [2.05, 4.69) is 15.6 Å². The fourth-order valence-electron chi connectivity index (χ4n) is 3.59. The van der Waals surface area contributed by atoms with E-state index in [1.54, 1.807) is 36.3 Å². The van der Waals surface area contributed by atoms with Crippen LogP contribution in [0.25, 0.3) is 0 Å². The lowest BCUT2D eigenvalue weighted by atomic mass is 9.91. The van der Waals surface area contributed by atoms with Gasteiger partial charge in [-0.3, -0.25) is 14.4 Å². The van der Waals surface area contributed by atoms with Gasteiger partial charge < -0.3 is 15.5 Å². The van der Waals surface area contributed by atoms with Gasteiger partial charge in [0, 0.05) is 11.9 Å². The lowest BCUT2D eigenvalue weighted by molar-refractivity contribution is -0.135. The molecule has 3 rings (SSSR count). The third-order valence-corrected chi connectivity index (χ3v) is 4.94. The Labute approximate surface area is 164 Å². The molecule has 2 heterocycles. The fraction of sp³-hybridized carbons (Fsp3) is 0.333. The number of amides is 3. The Morgan fingerprint density at radius 3 is 2.54 bits per heavy atom. The molecule has 28 heavy (non-hydrogen) atoms. The number of benzene rings is 1. The topological polar surface area (TPSA) is 90.9 Å². The maximum absolute atomic E-state index is 12.9. The van der Waals surface area contributed by atoms with Crippen LogP contribution in [0.4, 0.5) is 5.69 Å². The molecular weight excluding hydrogens is 356 g/mol. The summed E-state index contributed by atoms with van der Waals surface area (Å²) in [7, 11) is 0. The third kappa shape index (κ3) is 3.74. The molecule has 1 aromatic rings. The summed E-state index contributed by atoms with van der Waals surface area (Å²) in [5.41, 5.74) is 2.67. The normalized spacial score (nSPS) is 20.5. The lowest BCUT2D eigenvalue weighted by Crippen LogP contribution is -2.60. The second kappa shape index (κ2) is 7.42. The van der Waals surface area contributed by atoms with E-state index in [1.807, 2.05) is 32.9 Å². The van der Waals surface area contributed by atoms with Crippen molar-refractivity contribution in [2.45, 2.75) is 39.7 Å². The molecule has 2 N–H and O–H groups in total. The molecule has 0 unspecified atom stereocenters. The molecule has 3 amide bonds. The van der Waals surface area contributed by atoms with Crippen LogP contribution in [0, 0.1) is 20.8 Å². The zero-order valence-corrected chi connectivity index (χ0v) is 16.5. The van der Waals surface area contributed by atoms with E-state index in [4.69, 9.17) is 0 Å². The van der Waals surface area contributed by atoms with Gasteiger partial charge in [0.1, 0.15) is 11.4 Å². The van der Waals surface area contributed by atoms with Crippen LogP contribution in [-0.4, -0.2) is 40.5 Å². The van der Waals surface area contributed by atoms with E-state index >= 15 is 0 Å². The van der Waals surface area contributed by atoms with Crippen molar-refractivity contribution in [2.24, 2.45) is 4.99 Å². The van der Waals surface area contributed by atoms with Crippen LogP contribution in [0.15, 0.2) is 41.6 Å². The van der Waals surface area contributed by atoms with Crippen molar-refractivity contribution in [2.75, 3.05) is 11.9 Å². The number of anilines is 1. The molecule has 7 heteroatoms. The number of rotatable bonds is 4. The van der Waals surface area contributed by atoms with Crippen LogP contribution in [0.3, 0.4) is 0 Å². The molecule has 0 spiro atoms. The first-order valence-corrected chi connectivity index (χ1v) is 9.12. The molecule has 146 valence electrons. The van der Waals surface area contributed by atoms with Gasteiger partial charge in [-0.15, -0.1) is 0 Å². The van der Waals surface area contributed by atoms with Gasteiger partial charge in [0.2, 0.25) is 11.8 Å². The van der Waals surface area contributed by atoms with Gasteiger partial charge in [0.25, 0.3) is 5.91 Å². The number of carbonyl (C=O) groups excluding carboxylic acids is 3. The van der Waals surface area contributed by atoms with Gasteiger partial charge in [-0.05, 0) is 51.0 Å². The highest BCUT2D eigenvalue weighted by atomic mass is 16.2. The van der Waals surface area contributed by atoms with E-state index in [-0.39, 0.29) is 24.8 Å². The van der Waals surface area contributed by atoms with Crippen LogP contribution in [0.2, 0.25) is 0 Å². The minimum atomic E-state index is -1.13. The molecule has 0 bridgehead atoms. The van der Waals surface area contributed by atoms with Crippen LogP contribution in [0.1, 0.15) is 30.0 Å². The van der Waals surface area contributed by atoms with Crippen LogP contribution in [-0.2, 0) is 14.4 Å². The number of nitrogens with one attached hydrogen (secondary N) is 2. The molecule has 7 nitrogen and oxygen atoms in total. The summed E-state index contributed by atoms with van der Waals surface area (Å²) in [4.78, 5) is 42.9. The Bertz CT molecular complexity index is 922. The number of amidine groups is 1. The molecule has 2 aliphatic heterocycles. The second-order valence-corrected chi connectivity index (χ2v) is 7.39. The summed E-state index contributed by atoms with van der Waals surface area (Å²) >= 11 is 0. The highest BCUT2D eigenvalue weighted by Gasteiger charge is 2.45. The van der Waals surface area contributed by atoms with Crippen molar-refractivity contribution >= 4 is 29.2 Å². The largest absolute Gasteiger partial charge is 0.345 e. The number of nitrogens with zero attached hydrogens (tertiary/aromatic N) is 2. The first-order valence-electron chi connectivity index (χ1n) is 9.12. The van der Waals surface area contributed by atoms with E-state index < -0.39 is 11.4 Å². The predicted molar refractivity (Wildman–Crippen MR) is 108 cm³/mol. The minimum absolute atomic E-state index is 0.0572. The number of allylic oxidation sites excluding steroid dienone is 2. The van der Waals surface area contributed by atoms with Gasteiger partial charge in [-0.1, -0.05) is 23.8 Å². The van der Waals surface area contributed by atoms with Crippen molar-refractivity contribution in [1.82, 2.24) is 10.2 Å². The molecular formula is C21H24N4O3. The lowest BCUT2D eigenvalue weighted by Gasteiger charge is -2.41. The predicted octanol–water partition coefficient (Wildman–Crippen LogP) is 2.14. The molecule has 2 aliphatic rings. The average molecular weight is 380 g/mol. The van der Waals surface area contributed by atoms with E-state index in [9.17, 15) is 14.4 Å². The van der Waals surface area contributed by atoms with Crippen molar-refractivity contribution < 1.29 is 14.4 Å². The standard InChI is InChI=1S/C21H24N4O3/c1-13-9-14(2)19(15(3)10-13)24-18(27)12-22-20(28)21(4)11-17(26)23-16-7-5-6-8-25(16)21/h5-10H,11-12H2,1-4H3,(H,22,28)(H,24,27)/t21-/m0/s1. The number of hydrogen-bond acceptors (Lipinski definition) is 4. The fourth-order valence-corrected chi connectivity index (χ4v) is 3.59. The maximum Gasteiger partial charge on any atom is 0.250 e. The number of fused-ring (bicyclic) bond motifs is 1. The summed E-state index contributed by atoms with van der Waals surface area (Å²) in [6, 6.07) is 3.99. The number of hydrogen-bond donors (Lipinski definition) is 2. The van der Waals surface area contributed by atoms with Crippen molar-refractivity contribution in [1.29, 1.82) is 0 Å². The van der Waals surface area contributed by atoms with Crippen molar-refractivity contribution in [3.8, 4) is 0 Å².